The van der Waals surface area contributed by atoms with Crippen LogP contribution in [-0.4, -0.2) is 21.2 Å². The van der Waals surface area contributed by atoms with Gasteiger partial charge in [-0.3, -0.25) is 5.43 Å². The van der Waals surface area contributed by atoms with Gasteiger partial charge in [-0.25, -0.2) is 0 Å². The normalized spacial score (nSPS) is 16.3. The van der Waals surface area contributed by atoms with Gasteiger partial charge in [-0.2, -0.15) is 0 Å². The Morgan fingerprint density at radius 1 is 0.931 bits per heavy atom. The highest BCUT2D eigenvalue weighted by atomic mass is 32.1. The largest absolute Gasteiger partial charge is 0.508 e. The van der Waals surface area contributed by atoms with Gasteiger partial charge in [0.1, 0.15) is 23.0 Å². The Kier molecular flexibility index (Phi) is 3.65. The number of ether oxygens (including phenoxy) is 2. The summed E-state index contributed by atoms with van der Waals surface area (Å²) in [6.45, 7) is 0. The average molecular weight is 405 g/mol. The number of aromatic hydroxyl groups is 2. The van der Waals surface area contributed by atoms with Gasteiger partial charge in [0, 0.05) is 34.4 Å². The maximum atomic E-state index is 9.98. The zero-order chi connectivity index (χ0) is 20.2. The summed E-state index contributed by atoms with van der Waals surface area (Å²) < 4.78 is 12.5. The molecular weight excluding hydrogens is 390 g/mol. The van der Waals surface area contributed by atoms with E-state index >= 15 is 0 Å². The first-order valence-corrected chi connectivity index (χ1v) is 9.17. The Labute approximate surface area is 171 Å². The number of nitrogens with zero attached hydrogens (tertiary/aromatic N) is 1. The van der Waals surface area contributed by atoms with Crippen LogP contribution in [-0.2, 0) is 10.3 Å². The van der Waals surface area contributed by atoms with Crippen molar-refractivity contribution in [2.75, 3.05) is 0 Å². The lowest BCUT2D eigenvalue weighted by atomic mass is 9.77. The fourth-order valence-electron chi connectivity index (χ4n) is 3.86. The fourth-order valence-corrected chi connectivity index (χ4v) is 3.90. The van der Waals surface area contributed by atoms with Crippen LogP contribution < -0.4 is 15.9 Å². The van der Waals surface area contributed by atoms with Gasteiger partial charge in [-0.05, 0) is 42.5 Å². The molecule has 0 fully saturated rings. The molecule has 0 aromatic heterocycles. The van der Waals surface area contributed by atoms with Gasteiger partial charge in [0.25, 0.3) is 0 Å². The second kappa shape index (κ2) is 6.11. The van der Waals surface area contributed by atoms with Crippen molar-refractivity contribution in [2.45, 2.75) is 5.60 Å². The van der Waals surface area contributed by atoms with Gasteiger partial charge in [0.15, 0.2) is 10.7 Å². The third-order valence-corrected chi connectivity index (χ3v) is 5.05. The molecule has 5 N–H and O–H groups in total. The molecule has 2 aliphatic rings. The van der Waals surface area contributed by atoms with Crippen molar-refractivity contribution >= 4 is 23.2 Å². The van der Waals surface area contributed by atoms with Crippen LogP contribution in [0, 0.1) is 0 Å². The SMILES string of the molecule is NC(=S)N/N=C1\OC2(c3ccc(O)cc3Oc3cc(O)ccc32)c2ccccc21. The molecule has 7 nitrogen and oxygen atoms in total. The minimum Gasteiger partial charge on any atom is -0.508 e. The van der Waals surface area contributed by atoms with Gasteiger partial charge < -0.3 is 25.4 Å². The number of hydrogen-bond donors (Lipinski definition) is 4. The van der Waals surface area contributed by atoms with E-state index in [-0.39, 0.29) is 16.6 Å². The molecule has 0 radical (unpaired) electrons. The molecule has 0 aliphatic carbocycles. The maximum absolute atomic E-state index is 9.98. The number of benzene rings is 3. The van der Waals surface area contributed by atoms with E-state index in [0.29, 0.717) is 28.5 Å². The van der Waals surface area contributed by atoms with Crippen molar-refractivity contribution in [1.82, 2.24) is 5.43 Å². The van der Waals surface area contributed by atoms with E-state index in [9.17, 15) is 10.2 Å². The molecule has 144 valence electrons. The third kappa shape index (κ3) is 2.50. The first-order chi connectivity index (χ1) is 14.0. The van der Waals surface area contributed by atoms with Gasteiger partial charge in [0.05, 0.1) is 0 Å². The Morgan fingerprint density at radius 3 is 2.17 bits per heavy atom. The second-order valence-electron chi connectivity index (χ2n) is 6.68. The molecule has 29 heavy (non-hydrogen) atoms. The number of hydrazone groups is 1. The van der Waals surface area contributed by atoms with Crippen molar-refractivity contribution in [3.8, 4) is 23.0 Å². The molecular formula is C21H15N3O4S. The first kappa shape index (κ1) is 17.3. The molecule has 0 saturated carbocycles. The van der Waals surface area contributed by atoms with Crippen molar-refractivity contribution in [3.63, 3.8) is 0 Å². The number of nitrogens with one attached hydrogen (secondary N) is 1. The van der Waals surface area contributed by atoms with E-state index < -0.39 is 5.60 Å². The van der Waals surface area contributed by atoms with E-state index in [1.807, 2.05) is 24.3 Å². The van der Waals surface area contributed by atoms with Crippen LogP contribution in [0.25, 0.3) is 0 Å². The molecule has 5 rings (SSSR count). The lowest BCUT2D eigenvalue weighted by Crippen LogP contribution is -2.33. The minimum absolute atomic E-state index is 0.0159. The van der Waals surface area contributed by atoms with Crippen molar-refractivity contribution < 1.29 is 19.7 Å². The highest BCUT2D eigenvalue weighted by Gasteiger charge is 2.52. The number of hydrogen-bond acceptors (Lipinski definition) is 6. The van der Waals surface area contributed by atoms with Gasteiger partial charge >= 0.3 is 0 Å². The molecule has 0 atom stereocenters. The molecule has 2 aliphatic heterocycles. The highest BCUT2D eigenvalue weighted by molar-refractivity contribution is 7.80. The molecule has 0 amide bonds. The van der Waals surface area contributed by atoms with Crippen molar-refractivity contribution in [1.29, 1.82) is 0 Å². The quantitative estimate of drug-likeness (QED) is 0.364. The maximum Gasteiger partial charge on any atom is 0.240 e. The highest BCUT2D eigenvalue weighted by Crippen LogP contribution is 2.56. The summed E-state index contributed by atoms with van der Waals surface area (Å²) in [5, 5.41) is 24.2. The smallest absolute Gasteiger partial charge is 0.240 e. The van der Waals surface area contributed by atoms with Crippen molar-refractivity contribution in [2.24, 2.45) is 10.8 Å². The summed E-state index contributed by atoms with van der Waals surface area (Å²) >= 11 is 4.86. The van der Waals surface area contributed by atoms with E-state index in [1.165, 1.54) is 12.1 Å². The Balaban J connectivity index is 1.83. The number of nitrogens with two attached hydrogens (primary N) is 1. The summed E-state index contributed by atoms with van der Waals surface area (Å²) in [5.41, 5.74) is 10.0. The fraction of sp³-hybridized carbons (Fsp3) is 0.0476. The van der Waals surface area contributed by atoms with Gasteiger partial charge in [-0.15, -0.1) is 5.10 Å². The molecule has 0 saturated heterocycles. The lowest BCUT2D eigenvalue weighted by molar-refractivity contribution is 0.142. The summed E-state index contributed by atoms with van der Waals surface area (Å²) in [6, 6.07) is 17.3. The van der Waals surface area contributed by atoms with Crippen LogP contribution in [0.1, 0.15) is 22.3 Å². The average Bonchev–Trinajstić information content (AvgIpc) is 3.01. The van der Waals surface area contributed by atoms with E-state index in [4.69, 9.17) is 27.4 Å². The van der Waals surface area contributed by atoms with E-state index in [1.54, 1.807) is 24.3 Å². The number of rotatable bonds is 1. The Bertz CT molecular complexity index is 1160. The third-order valence-electron chi connectivity index (χ3n) is 4.96. The van der Waals surface area contributed by atoms with E-state index in [0.717, 1.165) is 11.1 Å². The molecule has 3 aromatic rings. The lowest BCUT2D eigenvalue weighted by Gasteiger charge is -2.36. The van der Waals surface area contributed by atoms with Crippen molar-refractivity contribution in [3.05, 3.63) is 82.9 Å². The van der Waals surface area contributed by atoms with Crippen LogP contribution in [0.15, 0.2) is 65.8 Å². The number of phenols is 2. The van der Waals surface area contributed by atoms with Crippen LogP contribution in [0.2, 0.25) is 0 Å². The number of fused-ring (bicyclic) bond motifs is 6. The molecule has 0 bridgehead atoms. The summed E-state index contributed by atoms with van der Waals surface area (Å²) in [5.74, 6) is 1.26. The van der Waals surface area contributed by atoms with Gasteiger partial charge in [-0.1, -0.05) is 18.2 Å². The molecule has 8 heteroatoms. The van der Waals surface area contributed by atoms with Gasteiger partial charge in [0.2, 0.25) is 5.90 Å². The molecule has 0 unspecified atom stereocenters. The predicted octanol–water partition coefficient (Wildman–Crippen LogP) is 3.02. The zero-order valence-corrected chi connectivity index (χ0v) is 15.7. The number of phenolic OH excluding ortho intramolecular Hbond substituents is 2. The Hall–Kier alpha value is -3.78. The monoisotopic (exact) mass is 405 g/mol. The zero-order valence-electron chi connectivity index (χ0n) is 14.9. The van der Waals surface area contributed by atoms with Crippen LogP contribution in [0.5, 0.6) is 23.0 Å². The summed E-state index contributed by atoms with van der Waals surface area (Å²) in [6.07, 6.45) is 0. The van der Waals surface area contributed by atoms with E-state index in [2.05, 4.69) is 10.5 Å². The molecule has 3 aromatic carbocycles. The number of thiocarbonyl (C=S) groups is 1. The van der Waals surface area contributed by atoms with Crippen LogP contribution in [0.3, 0.4) is 0 Å². The standard InChI is InChI=1S/C21H15N3O4S/c22-20(29)24-23-19-13-3-1-2-4-14(13)21(28-19)15-7-5-11(25)9-17(15)27-18-10-12(26)6-8-16(18)21/h1-10,25-26H,(H3,22,24,29)/b23-19-. The predicted molar refractivity (Wildman–Crippen MR) is 110 cm³/mol. The first-order valence-electron chi connectivity index (χ1n) is 8.76. The Morgan fingerprint density at radius 2 is 1.55 bits per heavy atom. The van der Waals surface area contributed by atoms with Crippen LogP contribution >= 0.6 is 12.2 Å². The second-order valence-corrected chi connectivity index (χ2v) is 7.12. The molecule has 2 heterocycles. The minimum atomic E-state index is -1.09. The topological polar surface area (TPSA) is 109 Å². The molecule has 1 spiro atoms. The summed E-state index contributed by atoms with van der Waals surface area (Å²) in [4.78, 5) is 0. The van der Waals surface area contributed by atoms with Crippen LogP contribution in [0.4, 0.5) is 0 Å². The summed E-state index contributed by atoms with van der Waals surface area (Å²) in [7, 11) is 0.